The Balaban J connectivity index is 1.67. The fraction of sp³-hybridized carbons (Fsp3) is 1.00. The van der Waals surface area contributed by atoms with Crippen LogP contribution in [0.15, 0.2) is 0 Å². The quantitative estimate of drug-likeness (QED) is 0.601. The van der Waals surface area contributed by atoms with Gasteiger partial charge in [-0.25, -0.2) is 0 Å². The van der Waals surface area contributed by atoms with Crippen LogP contribution in [0.4, 0.5) is 0 Å². The molecule has 0 aliphatic heterocycles. The Morgan fingerprint density at radius 2 is 1.67 bits per heavy atom. The smallest absolute Gasteiger partial charge is 0.0238 e. The van der Waals surface area contributed by atoms with Crippen molar-refractivity contribution >= 4 is 0 Å². The summed E-state index contributed by atoms with van der Waals surface area (Å²) in [4.78, 5) is 0. The first-order chi connectivity index (χ1) is 8.62. The van der Waals surface area contributed by atoms with Gasteiger partial charge < -0.3 is 0 Å². The van der Waals surface area contributed by atoms with Crippen LogP contribution in [0.5, 0.6) is 0 Å². The first-order valence-electron chi connectivity index (χ1n) is 8.62. The lowest BCUT2D eigenvalue weighted by Gasteiger charge is -2.47. The molecule has 2 bridgehead atoms. The summed E-state index contributed by atoms with van der Waals surface area (Å²) in [5.74, 6) is 7.55. The lowest BCUT2D eigenvalue weighted by molar-refractivity contribution is 0.0148. The summed E-state index contributed by atoms with van der Waals surface area (Å²) in [6.07, 6.45) is 10.9. The molecule has 0 heteroatoms. The SMILES string of the molecule is CC1CC(C2(C)C3CCC(C3)C2C)C2CCCC12. The van der Waals surface area contributed by atoms with Gasteiger partial charge in [-0.1, -0.05) is 27.2 Å². The van der Waals surface area contributed by atoms with Gasteiger partial charge in [-0.15, -0.1) is 0 Å². The summed E-state index contributed by atoms with van der Waals surface area (Å²) >= 11 is 0. The van der Waals surface area contributed by atoms with E-state index < -0.39 is 0 Å². The maximum atomic E-state index is 2.71. The molecule has 0 N–H and O–H groups in total. The van der Waals surface area contributed by atoms with Crippen molar-refractivity contribution in [3.8, 4) is 0 Å². The second-order valence-electron chi connectivity index (χ2n) is 8.50. The number of hydrogen-bond acceptors (Lipinski definition) is 0. The van der Waals surface area contributed by atoms with Gasteiger partial charge >= 0.3 is 0 Å². The predicted molar refractivity (Wildman–Crippen MR) is 76.2 cm³/mol. The lowest BCUT2D eigenvalue weighted by atomic mass is 9.58. The number of hydrogen-bond donors (Lipinski definition) is 0. The van der Waals surface area contributed by atoms with Crippen LogP contribution >= 0.6 is 0 Å². The summed E-state index contributed by atoms with van der Waals surface area (Å²) in [6, 6.07) is 0. The van der Waals surface area contributed by atoms with Gasteiger partial charge in [0.25, 0.3) is 0 Å². The molecule has 0 aromatic heterocycles. The normalized spacial score (nSPS) is 62.5. The van der Waals surface area contributed by atoms with Crippen LogP contribution in [-0.2, 0) is 0 Å². The van der Waals surface area contributed by atoms with Gasteiger partial charge in [0.15, 0.2) is 0 Å². The summed E-state index contributed by atoms with van der Waals surface area (Å²) in [7, 11) is 0. The molecule has 4 rings (SSSR count). The van der Waals surface area contributed by atoms with Crippen LogP contribution in [0.25, 0.3) is 0 Å². The molecule has 4 fully saturated rings. The topological polar surface area (TPSA) is 0 Å². The zero-order valence-electron chi connectivity index (χ0n) is 12.5. The van der Waals surface area contributed by atoms with Crippen LogP contribution in [-0.4, -0.2) is 0 Å². The Bertz CT molecular complexity index is 342. The largest absolute Gasteiger partial charge is 0.0622 e. The third-order valence-electron chi connectivity index (χ3n) is 8.34. The van der Waals surface area contributed by atoms with Crippen molar-refractivity contribution in [1.29, 1.82) is 0 Å². The summed E-state index contributed by atoms with van der Waals surface area (Å²) in [6.45, 7) is 7.88. The van der Waals surface area contributed by atoms with Crippen LogP contribution < -0.4 is 0 Å². The fourth-order valence-corrected chi connectivity index (χ4v) is 7.24. The van der Waals surface area contributed by atoms with E-state index in [0.29, 0.717) is 0 Å². The van der Waals surface area contributed by atoms with Crippen molar-refractivity contribution in [2.24, 2.45) is 46.8 Å². The minimum Gasteiger partial charge on any atom is -0.0622 e. The first kappa shape index (κ1) is 11.8. The van der Waals surface area contributed by atoms with Crippen molar-refractivity contribution in [3.05, 3.63) is 0 Å². The van der Waals surface area contributed by atoms with Crippen molar-refractivity contribution in [2.75, 3.05) is 0 Å². The molecule has 0 aromatic carbocycles. The molecule has 4 aliphatic rings. The standard InChI is InChI=1S/C18H30/c1-11-9-17(16-6-4-5-15(11)16)18(3)12(2)13-7-8-14(18)10-13/h11-17H,4-10H2,1-3H3. The molecule has 0 aromatic rings. The fourth-order valence-electron chi connectivity index (χ4n) is 7.24. The molecule has 0 saturated heterocycles. The van der Waals surface area contributed by atoms with E-state index in [-0.39, 0.29) is 0 Å². The molecule has 8 atom stereocenters. The van der Waals surface area contributed by atoms with E-state index in [0.717, 1.165) is 46.8 Å². The van der Waals surface area contributed by atoms with E-state index in [9.17, 15) is 0 Å². The predicted octanol–water partition coefficient (Wildman–Crippen LogP) is 5.13. The number of rotatable bonds is 1. The Hall–Kier alpha value is 0. The Morgan fingerprint density at radius 1 is 0.889 bits per heavy atom. The van der Waals surface area contributed by atoms with Crippen molar-refractivity contribution in [3.63, 3.8) is 0 Å². The molecular weight excluding hydrogens is 216 g/mol. The second-order valence-corrected chi connectivity index (χ2v) is 8.50. The first-order valence-corrected chi connectivity index (χ1v) is 8.62. The molecule has 0 spiro atoms. The maximum Gasteiger partial charge on any atom is -0.0238 e. The zero-order chi connectivity index (χ0) is 12.5. The summed E-state index contributed by atoms with van der Waals surface area (Å²) in [5.41, 5.74) is 0.723. The Labute approximate surface area is 113 Å². The molecule has 4 aliphatic carbocycles. The highest BCUT2D eigenvalue weighted by molar-refractivity contribution is 5.09. The second kappa shape index (κ2) is 3.76. The van der Waals surface area contributed by atoms with Crippen LogP contribution in [0.1, 0.15) is 65.7 Å². The average molecular weight is 246 g/mol. The molecule has 0 heterocycles. The summed E-state index contributed by atoms with van der Waals surface area (Å²) < 4.78 is 0. The van der Waals surface area contributed by atoms with Gasteiger partial charge in [0.2, 0.25) is 0 Å². The monoisotopic (exact) mass is 246 g/mol. The maximum absolute atomic E-state index is 2.71. The van der Waals surface area contributed by atoms with Gasteiger partial charge in [0.1, 0.15) is 0 Å². The van der Waals surface area contributed by atoms with E-state index in [1.165, 1.54) is 6.42 Å². The molecule has 102 valence electrons. The third kappa shape index (κ3) is 1.28. The average Bonchev–Trinajstić information content (AvgIpc) is 3.05. The summed E-state index contributed by atoms with van der Waals surface area (Å²) in [5, 5.41) is 0. The van der Waals surface area contributed by atoms with E-state index in [2.05, 4.69) is 20.8 Å². The van der Waals surface area contributed by atoms with Gasteiger partial charge in [-0.05, 0) is 85.4 Å². The minimum atomic E-state index is 0.723. The van der Waals surface area contributed by atoms with Gasteiger partial charge in [0, 0.05) is 0 Å². The van der Waals surface area contributed by atoms with Crippen molar-refractivity contribution < 1.29 is 0 Å². The molecule has 0 amide bonds. The van der Waals surface area contributed by atoms with E-state index in [1.807, 2.05) is 0 Å². The van der Waals surface area contributed by atoms with E-state index >= 15 is 0 Å². The highest BCUT2D eigenvalue weighted by Gasteiger charge is 2.61. The minimum absolute atomic E-state index is 0.723. The van der Waals surface area contributed by atoms with Gasteiger partial charge in [0.05, 0.1) is 0 Å². The molecular formula is C18H30. The van der Waals surface area contributed by atoms with Crippen LogP contribution in [0, 0.1) is 46.8 Å². The molecule has 0 radical (unpaired) electrons. The van der Waals surface area contributed by atoms with Crippen molar-refractivity contribution in [2.45, 2.75) is 65.7 Å². The highest BCUT2D eigenvalue weighted by Crippen LogP contribution is 2.68. The van der Waals surface area contributed by atoms with Gasteiger partial charge in [-0.3, -0.25) is 0 Å². The third-order valence-corrected chi connectivity index (χ3v) is 8.34. The Morgan fingerprint density at radius 3 is 2.39 bits per heavy atom. The Kier molecular flexibility index (Phi) is 2.47. The zero-order valence-corrected chi connectivity index (χ0v) is 12.5. The van der Waals surface area contributed by atoms with Crippen LogP contribution in [0.3, 0.4) is 0 Å². The molecule has 18 heavy (non-hydrogen) atoms. The molecule has 4 saturated carbocycles. The lowest BCUT2D eigenvalue weighted by Crippen LogP contribution is -2.41. The van der Waals surface area contributed by atoms with Crippen LogP contribution in [0.2, 0.25) is 0 Å². The van der Waals surface area contributed by atoms with E-state index in [1.54, 1.807) is 38.5 Å². The van der Waals surface area contributed by atoms with Crippen molar-refractivity contribution in [1.82, 2.24) is 0 Å². The number of fused-ring (bicyclic) bond motifs is 3. The molecule has 0 nitrogen and oxygen atoms in total. The molecule has 8 unspecified atom stereocenters. The van der Waals surface area contributed by atoms with E-state index in [4.69, 9.17) is 0 Å². The highest BCUT2D eigenvalue weighted by atomic mass is 14.7. The van der Waals surface area contributed by atoms with Gasteiger partial charge in [-0.2, -0.15) is 0 Å².